The molecule has 2 N–H and O–H groups in total. The van der Waals surface area contributed by atoms with E-state index in [4.69, 9.17) is 5.11 Å². The first-order valence-corrected chi connectivity index (χ1v) is 13.3. The van der Waals surface area contributed by atoms with Crippen molar-refractivity contribution >= 4 is 34.7 Å². The molecular weight excluding hydrogens is 466 g/mol. The third kappa shape index (κ3) is 7.91. The average Bonchev–Trinajstić information content (AvgIpc) is 3.21. The predicted molar refractivity (Wildman–Crippen MR) is 147 cm³/mol. The number of fused-ring (bicyclic) bond motifs is 1. The lowest BCUT2D eigenvalue weighted by Crippen LogP contribution is -2.14. The molecule has 0 spiro atoms. The molecule has 0 unspecified atom stereocenters. The van der Waals surface area contributed by atoms with Gasteiger partial charge in [-0.3, -0.25) is 4.79 Å². The summed E-state index contributed by atoms with van der Waals surface area (Å²) in [6.07, 6.45) is 13.3. The van der Waals surface area contributed by atoms with Gasteiger partial charge in [0.05, 0.1) is 5.56 Å². The Morgan fingerprint density at radius 1 is 0.811 bits per heavy atom. The smallest absolute Gasteiger partial charge is 0.353 e. The van der Waals surface area contributed by atoms with Gasteiger partial charge in [0.15, 0.2) is 5.78 Å². The molecule has 6 heteroatoms. The van der Waals surface area contributed by atoms with Crippen molar-refractivity contribution in [2.45, 2.75) is 77.7 Å². The fourth-order valence-electron chi connectivity index (χ4n) is 4.78. The van der Waals surface area contributed by atoms with E-state index in [0.29, 0.717) is 22.9 Å². The molecule has 0 aliphatic heterocycles. The Hall–Kier alpha value is -3.67. The molecule has 0 saturated carbocycles. The zero-order chi connectivity index (χ0) is 26.6. The SMILES string of the molecule is CCCCCCCCCCCC(=O)c1c(C(=O)O)n(Cc2ccc(C=CC(=O)O)cc2)c2ccccc12. The van der Waals surface area contributed by atoms with Crippen LogP contribution in [0.25, 0.3) is 17.0 Å². The monoisotopic (exact) mass is 503 g/mol. The maximum Gasteiger partial charge on any atom is 0.353 e. The van der Waals surface area contributed by atoms with Crippen LogP contribution in [0.4, 0.5) is 0 Å². The number of para-hydroxylation sites is 1. The van der Waals surface area contributed by atoms with Crippen molar-refractivity contribution in [2.24, 2.45) is 0 Å². The molecular formula is C31H37NO5. The molecule has 1 aromatic heterocycles. The second kappa shape index (κ2) is 14.2. The maximum atomic E-state index is 13.3. The number of carboxylic acid groups (broad SMARTS) is 2. The van der Waals surface area contributed by atoms with Gasteiger partial charge in [-0.25, -0.2) is 9.59 Å². The van der Waals surface area contributed by atoms with Crippen LogP contribution in [0.5, 0.6) is 0 Å². The molecule has 0 atom stereocenters. The van der Waals surface area contributed by atoms with Gasteiger partial charge in [0.2, 0.25) is 0 Å². The first-order valence-electron chi connectivity index (χ1n) is 13.3. The van der Waals surface area contributed by atoms with Crippen LogP contribution in [0.3, 0.4) is 0 Å². The first kappa shape index (κ1) is 27.9. The van der Waals surface area contributed by atoms with E-state index in [2.05, 4.69) is 6.92 Å². The van der Waals surface area contributed by atoms with Crippen molar-refractivity contribution in [3.63, 3.8) is 0 Å². The van der Waals surface area contributed by atoms with Gasteiger partial charge in [0.25, 0.3) is 0 Å². The second-order valence-electron chi connectivity index (χ2n) is 9.55. The highest BCUT2D eigenvalue weighted by molar-refractivity contribution is 6.15. The summed E-state index contributed by atoms with van der Waals surface area (Å²) < 4.78 is 1.70. The third-order valence-electron chi connectivity index (χ3n) is 6.70. The number of unbranched alkanes of at least 4 members (excludes halogenated alkanes) is 8. The van der Waals surface area contributed by atoms with E-state index >= 15 is 0 Å². The zero-order valence-corrected chi connectivity index (χ0v) is 21.6. The molecule has 3 rings (SSSR count). The Balaban J connectivity index is 1.74. The minimum atomic E-state index is -1.12. The molecule has 3 aromatic rings. The molecule has 37 heavy (non-hydrogen) atoms. The Bertz CT molecular complexity index is 1240. The van der Waals surface area contributed by atoms with Crippen molar-refractivity contribution in [2.75, 3.05) is 0 Å². The number of carbonyl (C=O) groups excluding carboxylic acids is 1. The standard InChI is InChI=1S/C31H37NO5/c1-2-3-4-5-6-7-8-9-10-15-27(33)29-25-13-11-12-14-26(25)32(30(29)31(36)37)22-24-18-16-23(17-19-24)20-21-28(34)35/h11-14,16-21H,2-10,15,22H2,1H3,(H,34,35)(H,36,37). The highest BCUT2D eigenvalue weighted by atomic mass is 16.4. The van der Waals surface area contributed by atoms with E-state index in [1.807, 2.05) is 36.4 Å². The lowest BCUT2D eigenvalue weighted by Gasteiger charge is -2.10. The molecule has 2 aromatic carbocycles. The fourth-order valence-corrected chi connectivity index (χ4v) is 4.78. The average molecular weight is 504 g/mol. The molecule has 0 bridgehead atoms. The van der Waals surface area contributed by atoms with Gasteiger partial charge in [-0.1, -0.05) is 101 Å². The molecule has 0 aliphatic carbocycles. The van der Waals surface area contributed by atoms with E-state index in [0.717, 1.165) is 36.5 Å². The summed E-state index contributed by atoms with van der Waals surface area (Å²) >= 11 is 0. The molecule has 0 amide bonds. The Morgan fingerprint density at radius 3 is 2.05 bits per heavy atom. The van der Waals surface area contributed by atoms with Crippen LogP contribution in [0.1, 0.15) is 103 Å². The fraction of sp³-hybridized carbons (Fsp3) is 0.387. The van der Waals surface area contributed by atoms with Crippen molar-refractivity contribution in [1.29, 1.82) is 0 Å². The molecule has 1 heterocycles. The first-order chi connectivity index (χ1) is 17.9. The van der Waals surface area contributed by atoms with Gasteiger partial charge in [-0.05, 0) is 29.7 Å². The molecule has 0 saturated heterocycles. The van der Waals surface area contributed by atoms with Crippen molar-refractivity contribution in [3.05, 3.63) is 77.0 Å². The van der Waals surface area contributed by atoms with Crippen molar-refractivity contribution in [1.82, 2.24) is 4.57 Å². The largest absolute Gasteiger partial charge is 0.478 e. The number of aromatic nitrogens is 1. The molecule has 0 aliphatic rings. The quantitative estimate of drug-likeness (QED) is 0.119. The van der Waals surface area contributed by atoms with Gasteiger partial charge >= 0.3 is 11.9 Å². The minimum absolute atomic E-state index is 0.0250. The van der Waals surface area contributed by atoms with Crippen molar-refractivity contribution < 1.29 is 24.6 Å². The van der Waals surface area contributed by atoms with E-state index in [-0.39, 0.29) is 18.0 Å². The number of hydrogen-bond acceptors (Lipinski definition) is 3. The summed E-state index contributed by atoms with van der Waals surface area (Å²) in [5.74, 6) is -2.26. The lowest BCUT2D eigenvalue weighted by molar-refractivity contribution is -0.131. The van der Waals surface area contributed by atoms with Crippen LogP contribution >= 0.6 is 0 Å². The van der Waals surface area contributed by atoms with Crippen LogP contribution in [-0.4, -0.2) is 32.5 Å². The summed E-state index contributed by atoms with van der Waals surface area (Å²) in [5.41, 5.74) is 2.62. The number of carbonyl (C=O) groups is 3. The number of aromatic carboxylic acids is 1. The van der Waals surface area contributed by atoms with Crippen LogP contribution in [0.2, 0.25) is 0 Å². The van der Waals surface area contributed by atoms with E-state index in [1.165, 1.54) is 44.6 Å². The number of nitrogens with zero attached hydrogens (tertiary/aromatic N) is 1. The zero-order valence-electron chi connectivity index (χ0n) is 21.6. The Kier molecular flexibility index (Phi) is 10.7. The van der Waals surface area contributed by atoms with Gasteiger partial charge in [0, 0.05) is 29.9 Å². The minimum Gasteiger partial charge on any atom is -0.478 e. The van der Waals surface area contributed by atoms with E-state index < -0.39 is 11.9 Å². The van der Waals surface area contributed by atoms with Gasteiger partial charge < -0.3 is 14.8 Å². The van der Waals surface area contributed by atoms with Crippen molar-refractivity contribution in [3.8, 4) is 0 Å². The highest BCUT2D eigenvalue weighted by Crippen LogP contribution is 2.29. The molecule has 0 fully saturated rings. The van der Waals surface area contributed by atoms with E-state index in [1.54, 1.807) is 16.7 Å². The number of rotatable bonds is 16. The summed E-state index contributed by atoms with van der Waals surface area (Å²) in [5, 5.41) is 19.6. The maximum absolute atomic E-state index is 13.3. The van der Waals surface area contributed by atoms with Crippen LogP contribution in [-0.2, 0) is 11.3 Å². The number of hydrogen-bond donors (Lipinski definition) is 2. The van der Waals surface area contributed by atoms with E-state index in [9.17, 15) is 19.5 Å². The second-order valence-corrected chi connectivity index (χ2v) is 9.55. The highest BCUT2D eigenvalue weighted by Gasteiger charge is 2.26. The summed E-state index contributed by atoms with van der Waals surface area (Å²) in [6.45, 7) is 2.50. The summed E-state index contributed by atoms with van der Waals surface area (Å²) in [4.78, 5) is 36.4. The molecule has 196 valence electrons. The number of ketones is 1. The van der Waals surface area contributed by atoms with Gasteiger partial charge in [0.1, 0.15) is 5.69 Å². The normalized spacial score (nSPS) is 11.4. The number of Topliss-reactive ketones (excluding diaryl/α,β-unsaturated/α-hetero) is 1. The number of aliphatic carboxylic acids is 1. The third-order valence-corrected chi connectivity index (χ3v) is 6.70. The molecule has 6 nitrogen and oxygen atoms in total. The van der Waals surface area contributed by atoms with Gasteiger partial charge in [-0.15, -0.1) is 0 Å². The van der Waals surface area contributed by atoms with Crippen LogP contribution < -0.4 is 0 Å². The van der Waals surface area contributed by atoms with Crippen LogP contribution in [0.15, 0.2) is 54.6 Å². The Morgan fingerprint density at radius 2 is 1.43 bits per heavy atom. The Labute approximate surface area is 218 Å². The molecule has 0 radical (unpaired) electrons. The lowest BCUT2D eigenvalue weighted by atomic mass is 10.0. The topological polar surface area (TPSA) is 96.6 Å². The summed E-state index contributed by atoms with van der Waals surface area (Å²) in [7, 11) is 0. The van der Waals surface area contributed by atoms with Crippen LogP contribution in [0, 0.1) is 0 Å². The summed E-state index contributed by atoms with van der Waals surface area (Å²) in [6, 6.07) is 14.6. The number of carboxylic acids is 2. The number of benzene rings is 2. The van der Waals surface area contributed by atoms with Gasteiger partial charge in [-0.2, -0.15) is 0 Å². The predicted octanol–water partition coefficient (Wildman–Crippen LogP) is 7.59.